The molecule has 0 bridgehead atoms. The largest absolute Gasteiger partial charge is 0.493 e. The highest BCUT2D eigenvalue weighted by Crippen LogP contribution is 2.35. The summed E-state index contributed by atoms with van der Waals surface area (Å²) in [5, 5.41) is 13.6. The summed E-state index contributed by atoms with van der Waals surface area (Å²) in [4.78, 5) is 12.7. The Bertz CT molecular complexity index is 1260. The Morgan fingerprint density at radius 3 is 2.24 bits per heavy atom. The molecule has 1 aliphatic rings. The molecule has 0 spiro atoms. The summed E-state index contributed by atoms with van der Waals surface area (Å²) in [5.74, 6) is 1.27. The minimum Gasteiger partial charge on any atom is -0.493 e. The number of ether oxygens (including phenoxy) is 2. The molecule has 2 heterocycles. The summed E-state index contributed by atoms with van der Waals surface area (Å²) >= 11 is 0. The highest BCUT2D eigenvalue weighted by atomic mass is 16.5. The van der Waals surface area contributed by atoms with Crippen LogP contribution in [0.2, 0.25) is 0 Å². The third-order valence-electron chi connectivity index (χ3n) is 6.38. The average molecular weight is 462 g/mol. The molecule has 0 fully saturated rings. The molecule has 0 saturated carbocycles. The van der Waals surface area contributed by atoms with Gasteiger partial charge in [-0.15, -0.1) is 0 Å². The second-order valence-electron chi connectivity index (χ2n) is 8.51. The Morgan fingerprint density at radius 2 is 1.68 bits per heavy atom. The third-order valence-corrected chi connectivity index (χ3v) is 6.38. The SMILES string of the molecule is CNC(=O)N1N=C(c2ccc(-c3c(C)nn(C)c3C)cc2)c2cc(OC)c(OC)cc2CC1C. The van der Waals surface area contributed by atoms with Gasteiger partial charge < -0.3 is 14.8 Å². The smallest absolute Gasteiger partial charge is 0.337 e. The Hall–Kier alpha value is -3.81. The van der Waals surface area contributed by atoms with E-state index in [0.29, 0.717) is 23.6 Å². The van der Waals surface area contributed by atoms with E-state index in [-0.39, 0.29) is 12.1 Å². The van der Waals surface area contributed by atoms with Crippen molar-refractivity contribution in [3.8, 4) is 22.6 Å². The zero-order valence-corrected chi connectivity index (χ0v) is 20.8. The van der Waals surface area contributed by atoms with E-state index in [1.54, 1.807) is 21.3 Å². The normalized spacial score (nSPS) is 15.3. The molecular weight excluding hydrogens is 430 g/mol. The van der Waals surface area contributed by atoms with Gasteiger partial charge in [-0.3, -0.25) is 4.68 Å². The molecule has 3 aromatic rings. The fourth-order valence-electron chi connectivity index (χ4n) is 4.53. The molecule has 0 saturated heterocycles. The molecule has 1 atom stereocenters. The lowest BCUT2D eigenvalue weighted by atomic mass is 9.93. The summed E-state index contributed by atoms with van der Waals surface area (Å²) in [7, 11) is 6.80. The van der Waals surface area contributed by atoms with Crippen molar-refractivity contribution in [3.05, 3.63) is 64.5 Å². The molecule has 0 aliphatic carbocycles. The lowest BCUT2D eigenvalue weighted by Gasteiger charge is -2.22. The number of rotatable bonds is 4. The van der Waals surface area contributed by atoms with E-state index in [1.807, 2.05) is 49.8 Å². The molecule has 2 aromatic carbocycles. The second kappa shape index (κ2) is 9.21. The molecule has 8 nitrogen and oxygen atoms in total. The number of aromatic nitrogens is 2. The van der Waals surface area contributed by atoms with E-state index in [9.17, 15) is 4.79 Å². The zero-order valence-electron chi connectivity index (χ0n) is 20.8. The first kappa shape index (κ1) is 23.4. The lowest BCUT2D eigenvalue weighted by Crippen LogP contribution is -2.41. The van der Waals surface area contributed by atoms with Crippen molar-refractivity contribution in [3.63, 3.8) is 0 Å². The van der Waals surface area contributed by atoms with Gasteiger partial charge in [0.1, 0.15) is 0 Å². The van der Waals surface area contributed by atoms with Crippen LogP contribution in [0.5, 0.6) is 11.5 Å². The summed E-state index contributed by atoms with van der Waals surface area (Å²) in [6.45, 7) is 6.07. The predicted octanol–water partition coefficient (Wildman–Crippen LogP) is 4.06. The van der Waals surface area contributed by atoms with Crippen LogP contribution in [0.3, 0.4) is 0 Å². The maximum Gasteiger partial charge on any atom is 0.337 e. The van der Waals surface area contributed by atoms with Gasteiger partial charge in [0.25, 0.3) is 0 Å². The zero-order chi connectivity index (χ0) is 24.6. The summed E-state index contributed by atoms with van der Waals surface area (Å²) < 4.78 is 13.0. The van der Waals surface area contributed by atoms with Gasteiger partial charge in [-0.05, 0) is 50.5 Å². The van der Waals surface area contributed by atoms with Crippen molar-refractivity contribution < 1.29 is 14.3 Å². The first-order valence-electron chi connectivity index (χ1n) is 11.2. The monoisotopic (exact) mass is 461 g/mol. The third kappa shape index (κ3) is 4.00. The topological polar surface area (TPSA) is 81.0 Å². The van der Waals surface area contributed by atoms with Gasteiger partial charge >= 0.3 is 6.03 Å². The number of amides is 2. The highest BCUT2D eigenvalue weighted by molar-refractivity contribution is 6.14. The fraction of sp³-hybridized carbons (Fsp3) is 0.346. The van der Waals surface area contributed by atoms with Crippen molar-refractivity contribution in [2.75, 3.05) is 21.3 Å². The maximum absolute atomic E-state index is 12.7. The molecule has 1 aliphatic heterocycles. The van der Waals surface area contributed by atoms with Gasteiger partial charge in [0, 0.05) is 36.5 Å². The van der Waals surface area contributed by atoms with E-state index in [0.717, 1.165) is 39.2 Å². The van der Waals surface area contributed by atoms with Crippen LogP contribution in [-0.2, 0) is 13.5 Å². The maximum atomic E-state index is 12.7. The molecular formula is C26H31N5O3. The summed E-state index contributed by atoms with van der Waals surface area (Å²) in [6.07, 6.45) is 0.627. The highest BCUT2D eigenvalue weighted by Gasteiger charge is 2.28. The summed E-state index contributed by atoms with van der Waals surface area (Å²) in [6, 6.07) is 11.8. The van der Waals surface area contributed by atoms with E-state index in [1.165, 1.54) is 5.01 Å². The Kier molecular flexibility index (Phi) is 6.32. The number of urea groups is 1. The molecule has 8 heteroatoms. The second-order valence-corrected chi connectivity index (χ2v) is 8.51. The molecule has 178 valence electrons. The number of nitrogens with one attached hydrogen (secondary N) is 1. The van der Waals surface area contributed by atoms with Crippen LogP contribution in [-0.4, -0.2) is 53.8 Å². The van der Waals surface area contributed by atoms with Crippen LogP contribution in [0, 0.1) is 13.8 Å². The molecule has 1 aromatic heterocycles. The van der Waals surface area contributed by atoms with E-state index in [4.69, 9.17) is 14.6 Å². The minimum absolute atomic E-state index is 0.144. The number of hydrogen-bond acceptors (Lipinski definition) is 5. The molecule has 34 heavy (non-hydrogen) atoms. The lowest BCUT2D eigenvalue weighted by molar-refractivity contribution is 0.184. The van der Waals surface area contributed by atoms with Gasteiger partial charge in [0.05, 0.1) is 31.7 Å². The fourth-order valence-corrected chi connectivity index (χ4v) is 4.53. The molecule has 0 radical (unpaired) electrons. The summed E-state index contributed by atoms with van der Waals surface area (Å²) in [5.41, 5.74) is 7.87. The van der Waals surface area contributed by atoms with Crippen molar-refractivity contribution in [1.29, 1.82) is 0 Å². The van der Waals surface area contributed by atoms with Crippen molar-refractivity contribution in [2.24, 2.45) is 12.1 Å². The van der Waals surface area contributed by atoms with Crippen LogP contribution in [0.1, 0.15) is 35.0 Å². The predicted molar refractivity (Wildman–Crippen MR) is 133 cm³/mol. The number of fused-ring (bicyclic) bond motifs is 1. The first-order valence-corrected chi connectivity index (χ1v) is 11.2. The van der Waals surface area contributed by atoms with Crippen LogP contribution in [0.15, 0.2) is 41.5 Å². The van der Waals surface area contributed by atoms with Gasteiger partial charge in [0.2, 0.25) is 0 Å². The van der Waals surface area contributed by atoms with Crippen LogP contribution in [0.25, 0.3) is 11.1 Å². The number of hydrazone groups is 1. The van der Waals surface area contributed by atoms with Crippen molar-refractivity contribution in [2.45, 2.75) is 33.2 Å². The molecule has 1 N–H and O–H groups in total. The van der Waals surface area contributed by atoms with Gasteiger partial charge in [-0.25, -0.2) is 9.80 Å². The standard InChI is InChI=1S/C26H31N5O3/c1-15-12-20-13-22(33-6)23(34-7)14-21(20)25(29-31(15)26(32)27-4)19-10-8-18(9-11-19)24-16(2)28-30(5)17(24)3/h8-11,13-15H,12H2,1-7H3,(H,27,32). The Balaban J connectivity index is 1.87. The Morgan fingerprint density at radius 1 is 1.06 bits per heavy atom. The number of hydrogen-bond donors (Lipinski definition) is 1. The van der Waals surface area contributed by atoms with Crippen LogP contribution < -0.4 is 14.8 Å². The van der Waals surface area contributed by atoms with Crippen LogP contribution >= 0.6 is 0 Å². The number of carbonyl (C=O) groups excluding carboxylic acids is 1. The quantitative estimate of drug-likeness (QED) is 0.635. The van der Waals surface area contributed by atoms with E-state index in [2.05, 4.69) is 29.5 Å². The molecule has 4 rings (SSSR count). The van der Waals surface area contributed by atoms with Gasteiger partial charge in [-0.1, -0.05) is 24.3 Å². The first-order chi connectivity index (χ1) is 16.3. The molecule has 2 amide bonds. The number of carbonyl (C=O) groups is 1. The molecule has 1 unspecified atom stereocenters. The Labute approximate surface area is 200 Å². The average Bonchev–Trinajstić information content (AvgIpc) is 3.00. The number of methoxy groups -OCH3 is 2. The number of aryl methyl sites for hydroxylation is 2. The van der Waals surface area contributed by atoms with Crippen molar-refractivity contribution >= 4 is 11.7 Å². The van der Waals surface area contributed by atoms with Crippen LogP contribution in [0.4, 0.5) is 4.79 Å². The van der Waals surface area contributed by atoms with E-state index >= 15 is 0 Å². The number of benzene rings is 2. The van der Waals surface area contributed by atoms with Gasteiger partial charge in [0.15, 0.2) is 11.5 Å². The number of nitrogens with zero attached hydrogens (tertiary/aromatic N) is 4. The minimum atomic E-state index is -0.255. The van der Waals surface area contributed by atoms with Gasteiger partial charge in [-0.2, -0.15) is 10.2 Å². The van der Waals surface area contributed by atoms with Crippen molar-refractivity contribution in [1.82, 2.24) is 20.1 Å². The van der Waals surface area contributed by atoms with E-state index < -0.39 is 0 Å².